The number of alkyl halides is 3. The first-order valence-corrected chi connectivity index (χ1v) is 12.3. The molecule has 0 atom stereocenters. The summed E-state index contributed by atoms with van der Waals surface area (Å²) in [5.41, 5.74) is -0.212. The fourth-order valence-corrected chi connectivity index (χ4v) is 4.57. The summed E-state index contributed by atoms with van der Waals surface area (Å²) in [6.07, 6.45) is -3.22. The Balaban J connectivity index is 2.14. The zero-order valence-corrected chi connectivity index (χ0v) is 20.9. The van der Waals surface area contributed by atoms with Gasteiger partial charge in [-0.1, -0.05) is 0 Å². The van der Waals surface area contributed by atoms with Crippen molar-refractivity contribution in [2.75, 3.05) is 7.05 Å². The maximum absolute atomic E-state index is 13.2. The Morgan fingerprint density at radius 1 is 1.11 bits per heavy atom. The van der Waals surface area contributed by atoms with Gasteiger partial charge in [-0.05, 0) is 0 Å². The third-order valence-corrected chi connectivity index (χ3v) is 6.53. The molecule has 2 N–H and O–H groups in total. The van der Waals surface area contributed by atoms with Gasteiger partial charge < -0.3 is 0 Å². The van der Waals surface area contributed by atoms with Crippen molar-refractivity contribution in [1.29, 1.82) is 0 Å². The van der Waals surface area contributed by atoms with Gasteiger partial charge in [-0.3, -0.25) is 0 Å². The van der Waals surface area contributed by atoms with Crippen molar-refractivity contribution in [3.8, 4) is 22.4 Å². The Morgan fingerprint density at radius 2 is 1.74 bits per heavy atom. The summed E-state index contributed by atoms with van der Waals surface area (Å²) in [6.45, 7) is 0. The summed E-state index contributed by atoms with van der Waals surface area (Å²) >= 11 is 8.36. The third-order valence-electron chi connectivity index (χ3n) is 5.02. The number of benzene rings is 2. The van der Waals surface area contributed by atoms with Gasteiger partial charge in [0.2, 0.25) is 0 Å². The molecule has 0 bridgehead atoms. The fraction of sp³-hybridized carbons (Fsp3) is 0.0952. The van der Waals surface area contributed by atoms with E-state index in [0.717, 1.165) is 20.3 Å². The van der Waals surface area contributed by atoms with Crippen LogP contribution < -0.4 is 5.14 Å². The molecule has 2 aromatic carbocycles. The van der Waals surface area contributed by atoms with Crippen LogP contribution >= 0.6 is 11.6 Å². The first-order valence-electron chi connectivity index (χ1n) is 9.60. The topological polar surface area (TPSA) is 111 Å². The van der Waals surface area contributed by atoms with Crippen molar-refractivity contribution in [3.63, 3.8) is 0 Å². The van der Waals surface area contributed by atoms with Crippen molar-refractivity contribution in [3.05, 3.63) is 70.9 Å². The number of nitrogens with two attached hydrogens (primary N) is 1. The van der Waals surface area contributed by atoms with Crippen LogP contribution in [0.5, 0.6) is 0 Å². The van der Waals surface area contributed by atoms with Gasteiger partial charge in [0, 0.05) is 0 Å². The number of rotatable bonds is 4. The number of amides is 1. The van der Waals surface area contributed by atoms with Crippen molar-refractivity contribution in [1.82, 2.24) is 18.2 Å². The molecule has 1 amide bonds. The van der Waals surface area contributed by atoms with Crippen LogP contribution in [-0.2, 0) is 34.7 Å². The summed E-state index contributed by atoms with van der Waals surface area (Å²) in [6, 6.07) is 10.8. The SMILES string of the molecule is C[N]([Ru])C(=O)c1c(S(N)(=O)=O)nn2c(-c3ccc(C(F)(F)F)cc3)c(-c3ccccc3Cl)cnc12. The van der Waals surface area contributed by atoms with Crippen LogP contribution in [0.1, 0.15) is 15.9 Å². The zero-order valence-electron chi connectivity index (χ0n) is 17.6. The first-order chi connectivity index (χ1) is 16.3. The Kier molecular flexibility index (Phi) is 6.47. The van der Waals surface area contributed by atoms with Gasteiger partial charge in [0.15, 0.2) is 0 Å². The molecule has 4 aromatic rings. The van der Waals surface area contributed by atoms with E-state index in [-0.39, 0.29) is 22.5 Å². The van der Waals surface area contributed by atoms with Crippen LogP contribution in [-0.4, -0.2) is 39.6 Å². The molecule has 8 nitrogen and oxygen atoms in total. The van der Waals surface area contributed by atoms with Crippen LogP contribution in [0.3, 0.4) is 0 Å². The molecule has 0 radical (unpaired) electrons. The van der Waals surface area contributed by atoms with Crippen molar-refractivity contribution >= 4 is 33.2 Å². The van der Waals surface area contributed by atoms with Crippen LogP contribution in [0.2, 0.25) is 5.02 Å². The van der Waals surface area contributed by atoms with Gasteiger partial charge in [-0.15, -0.1) is 0 Å². The Bertz CT molecular complexity index is 1570. The molecule has 0 saturated carbocycles. The minimum atomic E-state index is -4.56. The number of hydrogen-bond acceptors (Lipinski definition) is 5. The van der Waals surface area contributed by atoms with E-state index in [2.05, 4.69) is 10.1 Å². The molecule has 2 aromatic heterocycles. The van der Waals surface area contributed by atoms with Crippen LogP contribution in [0.4, 0.5) is 13.2 Å². The number of aromatic nitrogens is 3. The van der Waals surface area contributed by atoms with E-state index < -0.39 is 32.7 Å². The Morgan fingerprint density at radius 3 is 2.29 bits per heavy atom. The fourth-order valence-electron chi connectivity index (χ4n) is 3.48. The Labute approximate surface area is 212 Å². The standard InChI is InChI=1S/C21H15ClF3N5O3S.Ru/c1-27-19(31)16-18-28-10-14(13-4-2-3-5-15(13)22)17(30(18)29-20(16)34(26,32)33)11-6-8-12(9-7-11)21(23,24)25;/h2-10H,1H3,(H3,26,27,31,32,33);/q;+1/p-1. The average molecular weight is 610 g/mol. The quantitative estimate of drug-likeness (QED) is 0.353. The molecule has 0 aliphatic heterocycles. The van der Waals surface area contributed by atoms with E-state index in [9.17, 15) is 26.4 Å². The van der Waals surface area contributed by atoms with Gasteiger partial charge in [0.05, 0.1) is 0 Å². The van der Waals surface area contributed by atoms with E-state index >= 15 is 0 Å². The summed E-state index contributed by atoms with van der Waals surface area (Å²) in [5.74, 6) is -0.753. The molecule has 2 heterocycles. The molecular weight excluding hydrogens is 596 g/mol. The molecule has 0 spiro atoms. The van der Waals surface area contributed by atoms with Gasteiger partial charge in [0.25, 0.3) is 0 Å². The number of halogens is 4. The predicted octanol–water partition coefficient (Wildman–Crippen LogP) is 3.92. The molecule has 14 heteroatoms. The predicted molar refractivity (Wildman–Crippen MR) is 117 cm³/mol. The second-order valence-electron chi connectivity index (χ2n) is 7.30. The molecule has 0 unspecified atom stereocenters. The maximum atomic E-state index is 13.2. The van der Waals surface area contributed by atoms with E-state index in [1.165, 1.54) is 25.4 Å². The Hall–Kier alpha value is -2.86. The van der Waals surface area contributed by atoms with Gasteiger partial charge in [-0.2, -0.15) is 0 Å². The van der Waals surface area contributed by atoms with E-state index in [1.807, 2.05) is 18.5 Å². The van der Waals surface area contributed by atoms with Crippen molar-refractivity contribution < 1.29 is 44.9 Å². The normalized spacial score (nSPS) is 12.2. The number of carbonyl (C=O) groups is 1. The van der Waals surface area contributed by atoms with Crippen LogP contribution in [0, 0.1) is 0 Å². The summed E-state index contributed by atoms with van der Waals surface area (Å²) in [5, 5.41) is 8.99. The number of sulfonamides is 1. The van der Waals surface area contributed by atoms with Crippen LogP contribution in [0.15, 0.2) is 59.8 Å². The summed E-state index contributed by atoms with van der Waals surface area (Å²) in [7, 11) is -3.11. The molecule has 4 rings (SSSR count). The molecule has 0 aliphatic carbocycles. The van der Waals surface area contributed by atoms with Gasteiger partial charge in [0.1, 0.15) is 0 Å². The second kappa shape index (κ2) is 8.98. The van der Waals surface area contributed by atoms with E-state index in [1.54, 1.807) is 24.3 Å². The van der Waals surface area contributed by atoms with Crippen molar-refractivity contribution in [2.45, 2.75) is 11.2 Å². The van der Waals surface area contributed by atoms with E-state index in [0.29, 0.717) is 16.1 Å². The van der Waals surface area contributed by atoms with Crippen molar-refractivity contribution in [2.24, 2.45) is 5.14 Å². The molecule has 0 fully saturated rings. The van der Waals surface area contributed by atoms with Crippen LogP contribution in [0.25, 0.3) is 28.0 Å². The number of carbonyl (C=O) groups excluding carboxylic acids is 1. The molecule has 0 saturated heterocycles. The second-order valence-corrected chi connectivity index (χ2v) is 10.4. The molecular formula is C21H14ClF3N5O3RuS. The third kappa shape index (κ3) is 4.68. The number of primary sulfonamides is 1. The zero-order chi connectivity index (χ0) is 25.7. The number of nitrogens with zero attached hydrogens (tertiary/aromatic N) is 4. The van der Waals surface area contributed by atoms with Gasteiger partial charge in [-0.25, -0.2) is 0 Å². The first kappa shape index (κ1) is 25.2. The number of hydrogen-bond donors (Lipinski definition) is 1. The summed E-state index contributed by atoms with van der Waals surface area (Å²) < 4.78 is 66.2. The number of fused-ring (bicyclic) bond motifs is 1. The minimum absolute atomic E-state index is 0.152. The molecule has 0 aliphatic rings. The average Bonchev–Trinajstić information content (AvgIpc) is 3.18. The molecule has 183 valence electrons. The monoisotopic (exact) mass is 610 g/mol. The van der Waals surface area contributed by atoms with Gasteiger partial charge >= 0.3 is 213 Å². The summed E-state index contributed by atoms with van der Waals surface area (Å²) in [4.78, 5) is 17.1. The van der Waals surface area contributed by atoms with E-state index in [4.69, 9.17) is 16.7 Å². The molecule has 35 heavy (non-hydrogen) atoms.